The number of aryl methyl sites for hydroxylation is 2. The Hall–Kier alpha value is -2.49. The Morgan fingerprint density at radius 3 is 2.91 bits per heavy atom. The fourth-order valence-electron chi connectivity index (χ4n) is 3.02. The second-order valence-corrected chi connectivity index (χ2v) is 5.83. The summed E-state index contributed by atoms with van der Waals surface area (Å²) in [5.41, 5.74) is 4.28. The number of hydrogen-bond acceptors (Lipinski definition) is 3. The van der Waals surface area contributed by atoms with Gasteiger partial charge in [0.2, 0.25) is 5.91 Å². The van der Waals surface area contributed by atoms with Gasteiger partial charge in [-0.15, -0.1) is 0 Å². The van der Waals surface area contributed by atoms with E-state index in [-0.39, 0.29) is 12.5 Å². The van der Waals surface area contributed by atoms with Gasteiger partial charge in [-0.25, -0.2) is 0 Å². The maximum absolute atomic E-state index is 12.6. The predicted molar refractivity (Wildman–Crippen MR) is 93.3 cm³/mol. The van der Waals surface area contributed by atoms with E-state index in [1.165, 1.54) is 5.56 Å². The van der Waals surface area contributed by atoms with E-state index in [1.807, 2.05) is 48.2 Å². The molecule has 4 nitrogen and oxygen atoms in total. The molecule has 0 aliphatic carbocycles. The number of benzene rings is 2. The van der Waals surface area contributed by atoms with Crippen molar-refractivity contribution in [2.75, 3.05) is 30.4 Å². The molecule has 0 saturated heterocycles. The Kier molecular flexibility index (Phi) is 4.51. The maximum Gasteiger partial charge on any atom is 0.246 e. The number of carbonyl (C=O) groups excluding carboxylic acids is 1. The second kappa shape index (κ2) is 6.73. The molecule has 0 fully saturated rings. The molecule has 0 unspecified atom stereocenters. The molecule has 2 aromatic rings. The summed E-state index contributed by atoms with van der Waals surface area (Å²) in [6, 6.07) is 14.1. The van der Waals surface area contributed by atoms with Gasteiger partial charge in [-0.3, -0.25) is 4.79 Å². The van der Waals surface area contributed by atoms with Crippen LogP contribution >= 0.6 is 0 Å². The van der Waals surface area contributed by atoms with Gasteiger partial charge in [0.1, 0.15) is 5.75 Å². The van der Waals surface area contributed by atoms with Crippen molar-refractivity contribution in [1.29, 1.82) is 0 Å². The van der Waals surface area contributed by atoms with Crippen LogP contribution in [0, 0.1) is 6.92 Å². The van der Waals surface area contributed by atoms with Gasteiger partial charge in [0.25, 0.3) is 0 Å². The molecule has 0 radical (unpaired) electrons. The van der Waals surface area contributed by atoms with Crippen LogP contribution in [0.1, 0.15) is 17.5 Å². The van der Waals surface area contributed by atoms with E-state index >= 15 is 0 Å². The first kappa shape index (κ1) is 15.4. The summed E-state index contributed by atoms with van der Waals surface area (Å²) >= 11 is 0. The van der Waals surface area contributed by atoms with Crippen LogP contribution in [0.4, 0.5) is 11.4 Å². The van der Waals surface area contributed by atoms with Gasteiger partial charge in [-0.2, -0.15) is 0 Å². The largest absolute Gasteiger partial charge is 0.495 e. The van der Waals surface area contributed by atoms with Crippen molar-refractivity contribution in [2.24, 2.45) is 0 Å². The average Bonchev–Trinajstić information content (AvgIpc) is 2.59. The number of rotatable bonds is 4. The molecule has 120 valence electrons. The number of para-hydroxylation sites is 1. The van der Waals surface area contributed by atoms with Crippen molar-refractivity contribution in [3.63, 3.8) is 0 Å². The number of hydrogen-bond donors (Lipinski definition) is 1. The predicted octanol–water partition coefficient (Wildman–Crippen LogP) is 3.39. The number of nitrogens with one attached hydrogen (secondary N) is 1. The highest BCUT2D eigenvalue weighted by Crippen LogP contribution is 2.28. The highest BCUT2D eigenvalue weighted by molar-refractivity contribution is 5.97. The number of carbonyl (C=O) groups is 1. The molecule has 1 aliphatic heterocycles. The minimum atomic E-state index is 0.0840. The number of anilines is 2. The average molecular weight is 310 g/mol. The molecule has 1 aliphatic rings. The minimum absolute atomic E-state index is 0.0840. The monoisotopic (exact) mass is 310 g/mol. The third kappa shape index (κ3) is 3.31. The molecule has 0 aromatic heterocycles. The van der Waals surface area contributed by atoms with E-state index in [1.54, 1.807) is 7.11 Å². The minimum Gasteiger partial charge on any atom is -0.495 e. The highest BCUT2D eigenvalue weighted by Gasteiger charge is 2.21. The van der Waals surface area contributed by atoms with Crippen LogP contribution < -0.4 is 15.0 Å². The van der Waals surface area contributed by atoms with E-state index in [0.717, 1.165) is 42.1 Å². The molecular weight excluding hydrogens is 288 g/mol. The van der Waals surface area contributed by atoms with Gasteiger partial charge in [0, 0.05) is 12.2 Å². The molecule has 1 heterocycles. The second-order valence-electron chi connectivity index (χ2n) is 5.83. The summed E-state index contributed by atoms with van der Waals surface area (Å²) in [5, 5.41) is 3.22. The highest BCUT2D eigenvalue weighted by atomic mass is 16.5. The van der Waals surface area contributed by atoms with Crippen LogP contribution in [-0.4, -0.2) is 26.1 Å². The van der Waals surface area contributed by atoms with E-state index in [4.69, 9.17) is 4.74 Å². The molecule has 0 saturated carbocycles. The Labute approximate surface area is 137 Å². The number of fused-ring (bicyclic) bond motifs is 1. The SMILES string of the molecule is COc1ccc(C)cc1NCC(=O)N1CCCc2ccccc21. The number of methoxy groups -OCH3 is 1. The first-order valence-corrected chi connectivity index (χ1v) is 7.96. The maximum atomic E-state index is 12.6. The molecule has 1 N–H and O–H groups in total. The third-order valence-electron chi connectivity index (χ3n) is 4.20. The molecule has 2 aromatic carbocycles. The van der Waals surface area contributed by atoms with Crippen LogP contribution in [0.25, 0.3) is 0 Å². The first-order valence-electron chi connectivity index (χ1n) is 7.96. The van der Waals surface area contributed by atoms with Crippen molar-refractivity contribution in [3.8, 4) is 5.75 Å². The molecule has 0 atom stereocenters. The van der Waals surface area contributed by atoms with Crippen molar-refractivity contribution in [1.82, 2.24) is 0 Å². The van der Waals surface area contributed by atoms with E-state index in [2.05, 4.69) is 11.4 Å². The lowest BCUT2D eigenvalue weighted by atomic mass is 10.0. The molecule has 3 rings (SSSR count). The third-order valence-corrected chi connectivity index (χ3v) is 4.20. The van der Waals surface area contributed by atoms with Crippen LogP contribution in [0.3, 0.4) is 0 Å². The van der Waals surface area contributed by atoms with Crippen LogP contribution in [-0.2, 0) is 11.2 Å². The molecule has 1 amide bonds. The standard InChI is InChI=1S/C19H22N2O2/c1-14-9-10-18(23-2)16(12-14)20-13-19(22)21-11-5-7-15-6-3-4-8-17(15)21/h3-4,6,8-10,12,20H,5,7,11,13H2,1-2H3. The smallest absolute Gasteiger partial charge is 0.246 e. The number of ether oxygens (including phenoxy) is 1. The first-order chi connectivity index (χ1) is 11.2. The molecular formula is C19H22N2O2. The quantitative estimate of drug-likeness (QED) is 0.941. The zero-order chi connectivity index (χ0) is 16.2. The topological polar surface area (TPSA) is 41.6 Å². The Morgan fingerprint density at radius 2 is 2.09 bits per heavy atom. The molecule has 4 heteroatoms. The molecule has 0 spiro atoms. The molecule has 0 bridgehead atoms. The van der Waals surface area contributed by atoms with Crippen molar-refractivity contribution < 1.29 is 9.53 Å². The van der Waals surface area contributed by atoms with Crippen molar-refractivity contribution >= 4 is 17.3 Å². The summed E-state index contributed by atoms with van der Waals surface area (Å²) in [6.45, 7) is 3.06. The van der Waals surface area contributed by atoms with Crippen LogP contribution in [0.15, 0.2) is 42.5 Å². The van der Waals surface area contributed by atoms with E-state index < -0.39 is 0 Å². The van der Waals surface area contributed by atoms with E-state index in [9.17, 15) is 4.79 Å². The fraction of sp³-hybridized carbons (Fsp3) is 0.316. The molecule has 23 heavy (non-hydrogen) atoms. The van der Waals surface area contributed by atoms with Gasteiger partial charge in [-0.05, 0) is 49.1 Å². The Bertz CT molecular complexity index is 712. The number of amides is 1. The lowest BCUT2D eigenvalue weighted by molar-refractivity contribution is -0.117. The van der Waals surface area contributed by atoms with Gasteiger partial charge >= 0.3 is 0 Å². The summed E-state index contributed by atoms with van der Waals surface area (Å²) in [6.07, 6.45) is 2.05. The van der Waals surface area contributed by atoms with Crippen molar-refractivity contribution in [3.05, 3.63) is 53.6 Å². The van der Waals surface area contributed by atoms with E-state index in [0.29, 0.717) is 0 Å². The normalized spacial score (nSPS) is 13.4. The Balaban J connectivity index is 1.73. The lowest BCUT2D eigenvalue weighted by Crippen LogP contribution is -2.39. The number of nitrogens with zero attached hydrogens (tertiary/aromatic N) is 1. The zero-order valence-electron chi connectivity index (χ0n) is 13.6. The summed E-state index contributed by atoms with van der Waals surface area (Å²) in [4.78, 5) is 14.5. The summed E-state index contributed by atoms with van der Waals surface area (Å²) < 4.78 is 5.35. The van der Waals surface area contributed by atoms with Crippen molar-refractivity contribution in [2.45, 2.75) is 19.8 Å². The Morgan fingerprint density at radius 1 is 1.26 bits per heavy atom. The lowest BCUT2D eigenvalue weighted by Gasteiger charge is -2.29. The summed E-state index contributed by atoms with van der Waals surface area (Å²) in [5.74, 6) is 0.836. The summed E-state index contributed by atoms with van der Waals surface area (Å²) in [7, 11) is 1.64. The fourth-order valence-corrected chi connectivity index (χ4v) is 3.02. The van der Waals surface area contributed by atoms with Crippen LogP contribution in [0.2, 0.25) is 0 Å². The van der Waals surface area contributed by atoms with Gasteiger partial charge < -0.3 is 15.0 Å². The van der Waals surface area contributed by atoms with Gasteiger partial charge in [0.05, 0.1) is 19.3 Å². The van der Waals surface area contributed by atoms with Crippen LogP contribution in [0.5, 0.6) is 5.75 Å². The van der Waals surface area contributed by atoms with Gasteiger partial charge in [0.15, 0.2) is 0 Å². The zero-order valence-corrected chi connectivity index (χ0v) is 13.6. The van der Waals surface area contributed by atoms with Gasteiger partial charge in [-0.1, -0.05) is 24.3 Å².